The van der Waals surface area contributed by atoms with Crippen molar-refractivity contribution in [3.8, 4) is 0 Å². The van der Waals surface area contributed by atoms with Gasteiger partial charge in [-0.2, -0.15) is 13.2 Å². The SMILES string of the molecule is NCc1ccc(COC(=O)[C@@H]2[C@H](Cc3ccccc3)C(=O)N2C(=O)Cc2cccc(C(=O)O)c2)cc1.O=C(O)C(F)(F)F. The number of carbonyl (C=O) groups is 5. The van der Waals surface area contributed by atoms with Gasteiger partial charge in [-0.3, -0.25) is 14.5 Å². The Labute approximate surface area is 243 Å². The fourth-order valence-corrected chi connectivity index (χ4v) is 4.25. The Morgan fingerprint density at radius 2 is 1.42 bits per heavy atom. The van der Waals surface area contributed by atoms with Gasteiger partial charge in [0.2, 0.25) is 11.8 Å². The van der Waals surface area contributed by atoms with Crippen LogP contribution in [0.15, 0.2) is 78.9 Å². The summed E-state index contributed by atoms with van der Waals surface area (Å²) in [6.45, 7) is 0.396. The van der Waals surface area contributed by atoms with Gasteiger partial charge in [-0.05, 0) is 40.8 Å². The highest BCUT2D eigenvalue weighted by Crippen LogP contribution is 2.32. The molecule has 1 heterocycles. The number of aliphatic carboxylic acids is 1. The van der Waals surface area contributed by atoms with E-state index >= 15 is 0 Å². The minimum absolute atomic E-state index is 0.00484. The Morgan fingerprint density at radius 3 is 1.98 bits per heavy atom. The number of β-lactam (4-membered cyclic amide) rings is 1. The molecule has 0 spiro atoms. The van der Waals surface area contributed by atoms with Crippen LogP contribution in [0.1, 0.15) is 32.6 Å². The number of hydrogen-bond donors (Lipinski definition) is 3. The number of esters is 1. The molecule has 0 unspecified atom stereocenters. The molecule has 13 heteroatoms. The predicted molar refractivity (Wildman–Crippen MR) is 144 cm³/mol. The molecule has 1 aliphatic heterocycles. The van der Waals surface area contributed by atoms with Crippen LogP contribution in [-0.4, -0.2) is 57.1 Å². The summed E-state index contributed by atoms with van der Waals surface area (Å²) >= 11 is 0. The number of ether oxygens (including phenoxy) is 1. The number of benzene rings is 3. The lowest BCUT2D eigenvalue weighted by molar-refractivity contribution is -0.192. The van der Waals surface area contributed by atoms with Crippen molar-refractivity contribution in [1.82, 2.24) is 4.90 Å². The molecule has 1 aliphatic rings. The number of halogens is 3. The number of carboxylic acid groups (broad SMARTS) is 2. The third-order valence-corrected chi connectivity index (χ3v) is 6.43. The Bertz CT molecular complexity index is 1480. The van der Waals surface area contributed by atoms with Crippen LogP contribution in [0.25, 0.3) is 0 Å². The van der Waals surface area contributed by atoms with Crippen LogP contribution in [0.2, 0.25) is 0 Å². The fourth-order valence-electron chi connectivity index (χ4n) is 4.25. The summed E-state index contributed by atoms with van der Waals surface area (Å²) < 4.78 is 37.2. The molecule has 3 aromatic carbocycles. The number of nitrogens with zero attached hydrogens (tertiary/aromatic N) is 1. The summed E-state index contributed by atoms with van der Waals surface area (Å²) in [6.07, 6.45) is -5.00. The summed E-state index contributed by atoms with van der Waals surface area (Å²) in [5.74, 6) is -6.30. The number of hydrogen-bond acceptors (Lipinski definition) is 7. The van der Waals surface area contributed by atoms with E-state index in [0.29, 0.717) is 18.5 Å². The van der Waals surface area contributed by atoms with Crippen LogP contribution in [0.3, 0.4) is 0 Å². The van der Waals surface area contributed by atoms with Crippen molar-refractivity contribution in [3.63, 3.8) is 0 Å². The van der Waals surface area contributed by atoms with E-state index in [1.54, 1.807) is 18.2 Å². The van der Waals surface area contributed by atoms with Crippen molar-refractivity contribution < 1.29 is 52.1 Å². The molecule has 3 aromatic rings. The van der Waals surface area contributed by atoms with Crippen molar-refractivity contribution in [2.24, 2.45) is 11.7 Å². The molecule has 0 aromatic heterocycles. The van der Waals surface area contributed by atoms with Gasteiger partial charge in [0.1, 0.15) is 12.6 Å². The van der Waals surface area contributed by atoms with E-state index in [9.17, 15) is 37.5 Å². The van der Waals surface area contributed by atoms with E-state index in [-0.39, 0.29) is 18.6 Å². The first-order valence-corrected chi connectivity index (χ1v) is 12.8. The first-order chi connectivity index (χ1) is 20.3. The lowest BCUT2D eigenvalue weighted by atomic mass is 9.81. The Balaban J connectivity index is 0.000000646. The number of alkyl halides is 3. The number of carbonyl (C=O) groups excluding carboxylic acids is 3. The summed E-state index contributed by atoms with van der Waals surface area (Å²) in [4.78, 5) is 60.3. The molecule has 4 rings (SSSR count). The van der Waals surface area contributed by atoms with E-state index in [4.69, 9.17) is 20.4 Å². The Hall–Kier alpha value is -5.04. The smallest absolute Gasteiger partial charge is 0.478 e. The molecule has 2 amide bonds. The van der Waals surface area contributed by atoms with Gasteiger partial charge in [0.05, 0.1) is 17.9 Å². The van der Waals surface area contributed by atoms with Crippen LogP contribution in [0.5, 0.6) is 0 Å². The van der Waals surface area contributed by atoms with Gasteiger partial charge < -0.3 is 20.7 Å². The van der Waals surface area contributed by atoms with E-state index in [2.05, 4.69) is 0 Å². The molecule has 2 atom stereocenters. The van der Waals surface area contributed by atoms with Crippen molar-refractivity contribution in [2.45, 2.75) is 38.2 Å². The third kappa shape index (κ3) is 8.72. The zero-order chi connectivity index (χ0) is 31.7. The molecular formula is C30H27F3N2O8. The summed E-state index contributed by atoms with van der Waals surface area (Å²) in [6, 6.07) is 21.4. The standard InChI is InChI=1S/C28H26N2O6.C2HF3O2/c29-16-19-9-11-20(12-10-19)17-36-28(35)25-23(14-18-5-2-1-3-6-18)26(32)30(25)24(31)15-21-7-4-8-22(13-21)27(33)34;3-2(4,5)1(6)7/h1-13,23,25H,14-17,29H2,(H,33,34);(H,6,7)/t23-,25-;/m0./s1. The molecule has 0 radical (unpaired) electrons. The highest BCUT2D eigenvalue weighted by molar-refractivity contribution is 6.08. The normalized spacial score (nSPS) is 15.9. The zero-order valence-electron chi connectivity index (χ0n) is 22.5. The fraction of sp³-hybridized carbons (Fsp3) is 0.233. The maximum Gasteiger partial charge on any atom is 0.490 e. The zero-order valence-corrected chi connectivity index (χ0v) is 22.5. The summed E-state index contributed by atoms with van der Waals surface area (Å²) in [7, 11) is 0. The molecule has 43 heavy (non-hydrogen) atoms. The van der Waals surface area contributed by atoms with Crippen LogP contribution in [-0.2, 0) is 49.9 Å². The Morgan fingerprint density at radius 1 is 0.837 bits per heavy atom. The van der Waals surface area contributed by atoms with E-state index < -0.39 is 47.9 Å². The van der Waals surface area contributed by atoms with Gasteiger partial charge in [0.15, 0.2) is 0 Å². The van der Waals surface area contributed by atoms with Crippen LogP contribution in [0.4, 0.5) is 13.2 Å². The molecule has 226 valence electrons. The third-order valence-electron chi connectivity index (χ3n) is 6.43. The first kappa shape index (κ1) is 32.5. The average Bonchev–Trinajstić information content (AvgIpc) is 2.97. The van der Waals surface area contributed by atoms with E-state index in [1.807, 2.05) is 42.5 Å². The monoisotopic (exact) mass is 600 g/mol. The summed E-state index contributed by atoms with van der Waals surface area (Å²) in [5, 5.41) is 16.3. The second-order valence-electron chi connectivity index (χ2n) is 9.46. The Kier molecular flexibility index (Phi) is 10.7. The quantitative estimate of drug-likeness (QED) is 0.247. The number of amides is 2. The number of imide groups is 1. The maximum atomic E-state index is 13.1. The minimum atomic E-state index is -5.08. The lowest BCUT2D eigenvalue weighted by Crippen LogP contribution is -2.67. The topological polar surface area (TPSA) is 164 Å². The first-order valence-electron chi connectivity index (χ1n) is 12.8. The number of likely N-dealkylation sites (tertiary alicyclic amines) is 1. The molecule has 0 aliphatic carbocycles. The molecule has 4 N–H and O–H groups in total. The second kappa shape index (κ2) is 14.2. The van der Waals surface area contributed by atoms with Gasteiger partial charge >= 0.3 is 24.1 Å². The maximum absolute atomic E-state index is 13.1. The van der Waals surface area contributed by atoms with Crippen LogP contribution >= 0.6 is 0 Å². The average molecular weight is 601 g/mol. The molecule has 1 fully saturated rings. The van der Waals surface area contributed by atoms with Crippen LogP contribution < -0.4 is 5.73 Å². The van der Waals surface area contributed by atoms with Crippen LogP contribution in [0, 0.1) is 5.92 Å². The van der Waals surface area contributed by atoms with Gasteiger partial charge in [-0.15, -0.1) is 0 Å². The molecule has 0 bridgehead atoms. The molecule has 10 nitrogen and oxygen atoms in total. The van der Waals surface area contributed by atoms with E-state index in [0.717, 1.165) is 21.6 Å². The van der Waals surface area contributed by atoms with Gasteiger partial charge in [0.25, 0.3) is 0 Å². The highest BCUT2D eigenvalue weighted by atomic mass is 19.4. The summed E-state index contributed by atoms with van der Waals surface area (Å²) in [5.41, 5.74) is 8.66. The van der Waals surface area contributed by atoms with Gasteiger partial charge in [-0.1, -0.05) is 66.7 Å². The number of aromatic carboxylic acids is 1. The van der Waals surface area contributed by atoms with E-state index in [1.165, 1.54) is 18.2 Å². The second-order valence-corrected chi connectivity index (χ2v) is 9.46. The van der Waals surface area contributed by atoms with Crippen molar-refractivity contribution >= 4 is 29.7 Å². The van der Waals surface area contributed by atoms with Crippen molar-refractivity contribution in [3.05, 3.63) is 107 Å². The van der Waals surface area contributed by atoms with Crippen molar-refractivity contribution in [2.75, 3.05) is 0 Å². The largest absolute Gasteiger partial charge is 0.490 e. The molecule has 1 saturated heterocycles. The number of carboxylic acids is 2. The van der Waals surface area contributed by atoms with Gasteiger partial charge in [-0.25, -0.2) is 14.4 Å². The number of nitrogens with two attached hydrogens (primary N) is 1. The lowest BCUT2D eigenvalue weighted by Gasteiger charge is -2.44. The predicted octanol–water partition coefficient (Wildman–Crippen LogP) is 3.36. The minimum Gasteiger partial charge on any atom is -0.478 e. The van der Waals surface area contributed by atoms with Crippen molar-refractivity contribution in [1.29, 1.82) is 0 Å². The molecule has 0 saturated carbocycles. The number of rotatable bonds is 9. The highest BCUT2D eigenvalue weighted by Gasteiger charge is 2.54. The van der Waals surface area contributed by atoms with Gasteiger partial charge in [0, 0.05) is 6.54 Å². The molecular weight excluding hydrogens is 573 g/mol.